The van der Waals surface area contributed by atoms with E-state index in [1.807, 2.05) is 0 Å². The molecule has 1 saturated heterocycles. The van der Waals surface area contributed by atoms with E-state index in [-0.39, 0.29) is 18.0 Å². The van der Waals surface area contributed by atoms with Crippen molar-refractivity contribution in [2.75, 3.05) is 27.3 Å². The van der Waals surface area contributed by atoms with E-state index in [2.05, 4.69) is 15.9 Å². The van der Waals surface area contributed by atoms with Gasteiger partial charge in [0.2, 0.25) is 10.0 Å². The number of nitrogens with zero attached hydrogens (tertiary/aromatic N) is 1. The van der Waals surface area contributed by atoms with Gasteiger partial charge in [0.1, 0.15) is 4.90 Å². The van der Waals surface area contributed by atoms with Crippen LogP contribution in [-0.2, 0) is 10.0 Å². The minimum atomic E-state index is -3.71. The summed E-state index contributed by atoms with van der Waals surface area (Å²) in [5.41, 5.74) is -0.990. The van der Waals surface area contributed by atoms with E-state index in [0.717, 1.165) is 0 Å². The molecule has 2 rings (SSSR count). The maximum Gasteiger partial charge on any atom is 0.244 e. The average molecular weight is 380 g/mol. The largest absolute Gasteiger partial charge is 0.493 e. The predicted octanol–water partition coefficient (Wildman–Crippen LogP) is 1.61. The van der Waals surface area contributed by atoms with E-state index in [9.17, 15) is 13.5 Å². The smallest absolute Gasteiger partial charge is 0.244 e. The second-order valence-corrected chi connectivity index (χ2v) is 7.98. The SMILES string of the molecule is COc1cc(Br)c(S(=O)(=O)N2CCC(C)(O)C2)cc1OC. The summed E-state index contributed by atoms with van der Waals surface area (Å²) >= 11 is 3.26. The van der Waals surface area contributed by atoms with Crippen LogP contribution in [0.25, 0.3) is 0 Å². The zero-order chi connectivity index (χ0) is 15.8. The first-order valence-corrected chi connectivity index (χ1v) is 8.58. The molecule has 0 spiro atoms. The molecule has 0 aliphatic carbocycles. The molecule has 0 amide bonds. The number of halogens is 1. The van der Waals surface area contributed by atoms with Crippen molar-refractivity contribution in [2.45, 2.75) is 23.8 Å². The molecule has 0 radical (unpaired) electrons. The zero-order valence-electron chi connectivity index (χ0n) is 12.1. The minimum Gasteiger partial charge on any atom is -0.493 e. The molecule has 21 heavy (non-hydrogen) atoms. The molecule has 1 N–H and O–H groups in total. The van der Waals surface area contributed by atoms with Crippen LogP contribution in [-0.4, -0.2) is 50.7 Å². The van der Waals surface area contributed by atoms with E-state index in [0.29, 0.717) is 22.4 Å². The molecule has 1 aliphatic rings. The fraction of sp³-hybridized carbons (Fsp3) is 0.538. The van der Waals surface area contributed by atoms with Crippen LogP contribution in [0.3, 0.4) is 0 Å². The highest BCUT2D eigenvalue weighted by molar-refractivity contribution is 9.10. The molecule has 1 fully saturated rings. The van der Waals surface area contributed by atoms with Crippen LogP contribution in [0.2, 0.25) is 0 Å². The Morgan fingerprint density at radius 1 is 1.29 bits per heavy atom. The van der Waals surface area contributed by atoms with Gasteiger partial charge in [0.05, 0.1) is 19.8 Å². The monoisotopic (exact) mass is 379 g/mol. The van der Waals surface area contributed by atoms with Crippen LogP contribution in [0.1, 0.15) is 13.3 Å². The van der Waals surface area contributed by atoms with Gasteiger partial charge in [-0.3, -0.25) is 0 Å². The van der Waals surface area contributed by atoms with Crippen molar-refractivity contribution in [2.24, 2.45) is 0 Å². The van der Waals surface area contributed by atoms with Crippen LogP contribution in [0.5, 0.6) is 11.5 Å². The van der Waals surface area contributed by atoms with E-state index >= 15 is 0 Å². The summed E-state index contributed by atoms with van der Waals surface area (Å²) in [6, 6.07) is 2.98. The van der Waals surface area contributed by atoms with Gasteiger partial charge in [-0.25, -0.2) is 8.42 Å². The number of ether oxygens (including phenoxy) is 2. The molecule has 8 heteroatoms. The normalized spacial score (nSPS) is 23.3. The van der Waals surface area contributed by atoms with E-state index in [1.54, 1.807) is 13.0 Å². The molecule has 0 bridgehead atoms. The van der Waals surface area contributed by atoms with Gasteiger partial charge in [-0.1, -0.05) is 0 Å². The highest BCUT2D eigenvalue weighted by atomic mass is 79.9. The molecule has 1 aromatic carbocycles. The van der Waals surface area contributed by atoms with Crippen LogP contribution in [0, 0.1) is 0 Å². The van der Waals surface area contributed by atoms with E-state index in [4.69, 9.17) is 9.47 Å². The molecule has 1 heterocycles. The number of benzene rings is 1. The molecule has 118 valence electrons. The predicted molar refractivity (Wildman–Crippen MR) is 81.2 cm³/mol. The van der Waals surface area contributed by atoms with Crippen molar-refractivity contribution in [3.8, 4) is 11.5 Å². The Morgan fingerprint density at radius 3 is 2.33 bits per heavy atom. The van der Waals surface area contributed by atoms with Crippen molar-refractivity contribution in [1.29, 1.82) is 0 Å². The van der Waals surface area contributed by atoms with Crippen LogP contribution in [0.4, 0.5) is 0 Å². The summed E-state index contributed by atoms with van der Waals surface area (Å²) < 4.78 is 37.4. The third-order valence-corrected chi connectivity index (χ3v) is 6.28. The molecule has 0 saturated carbocycles. The Bertz CT molecular complexity index is 644. The maximum absolute atomic E-state index is 12.7. The number of β-amino-alcohol motifs (C(OH)–C–C–N with tert-alkyl or cyclic N) is 1. The van der Waals surface area contributed by atoms with Crippen molar-refractivity contribution in [3.63, 3.8) is 0 Å². The zero-order valence-corrected chi connectivity index (χ0v) is 14.5. The Labute approximate surface area is 132 Å². The lowest BCUT2D eigenvalue weighted by atomic mass is 10.1. The molecule has 1 unspecified atom stereocenters. The summed E-state index contributed by atoms with van der Waals surface area (Å²) in [6.45, 7) is 2.00. The molecular weight excluding hydrogens is 362 g/mol. The van der Waals surface area contributed by atoms with Gasteiger partial charge in [0, 0.05) is 23.6 Å². The molecular formula is C13H18BrNO5S. The standard InChI is InChI=1S/C13H18BrNO5S/c1-13(16)4-5-15(8-13)21(17,18)12-7-11(20-3)10(19-2)6-9(12)14/h6-7,16H,4-5,8H2,1-3H3. The molecule has 6 nitrogen and oxygen atoms in total. The van der Waals surface area contributed by atoms with E-state index < -0.39 is 15.6 Å². The molecule has 1 atom stereocenters. The molecule has 0 aromatic heterocycles. The summed E-state index contributed by atoms with van der Waals surface area (Å²) in [7, 11) is -0.778. The second kappa shape index (κ2) is 5.75. The number of sulfonamides is 1. The second-order valence-electron chi connectivity index (χ2n) is 5.22. The van der Waals surface area contributed by atoms with Gasteiger partial charge < -0.3 is 14.6 Å². The van der Waals surface area contributed by atoms with Gasteiger partial charge in [-0.05, 0) is 35.3 Å². The summed E-state index contributed by atoms with van der Waals surface area (Å²) in [5.74, 6) is 0.780. The summed E-state index contributed by atoms with van der Waals surface area (Å²) in [4.78, 5) is 0.0952. The van der Waals surface area contributed by atoms with Crippen molar-refractivity contribution < 1.29 is 23.0 Å². The lowest BCUT2D eigenvalue weighted by Gasteiger charge is -2.20. The number of methoxy groups -OCH3 is 2. The molecule has 1 aliphatic heterocycles. The van der Waals surface area contributed by atoms with Crippen LogP contribution in [0.15, 0.2) is 21.5 Å². The van der Waals surface area contributed by atoms with Crippen molar-refractivity contribution in [3.05, 3.63) is 16.6 Å². The first kappa shape index (κ1) is 16.5. The van der Waals surface area contributed by atoms with Gasteiger partial charge >= 0.3 is 0 Å². The third kappa shape index (κ3) is 3.18. The maximum atomic E-state index is 12.7. The number of aliphatic hydroxyl groups is 1. The minimum absolute atomic E-state index is 0.0795. The lowest BCUT2D eigenvalue weighted by molar-refractivity contribution is 0.0762. The third-order valence-electron chi connectivity index (χ3n) is 3.47. The topological polar surface area (TPSA) is 76.1 Å². The highest BCUT2D eigenvalue weighted by Gasteiger charge is 2.39. The van der Waals surface area contributed by atoms with Gasteiger partial charge in [-0.2, -0.15) is 4.31 Å². The number of hydrogen-bond donors (Lipinski definition) is 1. The van der Waals surface area contributed by atoms with Gasteiger partial charge in [0.15, 0.2) is 11.5 Å². The van der Waals surface area contributed by atoms with Crippen LogP contribution >= 0.6 is 15.9 Å². The Balaban J connectivity index is 2.46. The average Bonchev–Trinajstić information content (AvgIpc) is 2.79. The molecule has 1 aromatic rings. The Hall–Kier alpha value is -0.830. The van der Waals surface area contributed by atoms with E-state index in [1.165, 1.54) is 24.6 Å². The lowest BCUT2D eigenvalue weighted by Crippen LogP contribution is -2.34. The van der Waals surface area contributed by atoms with Crippen molar-refractivity contribution >= 4 is 26.0 Å². The Kier molecular flexibility index (Phi) is 4.53. The fourth-order valence-corrected chi connectivity index (χ4v) is 4.84. The first-order chi connectivity index (χ1) is 9.71. The quantitative estimate of drug-likeness (QED) is 0.859. The summed E-state index contributed by atoms with van der Waals surface area (Å²) in [5, 5.41) is 9.96. The first-order valence-electron chi connectivity index (χ1n) is 6.35. The Morgan fingerprint density at radius 2 is 1.86 bits per heavy atom. The number of hydrogen-bond acceptors (Lipinski definition) is 5. The fourth-order valence-electron chi connectivity index (χ4n) is 2.28. The highest BCUT2D eigenvalue weighted by Crippen LogP contribution is 2.38. The van der Waals surface area contributed by atoms with Crippen molar-refractivity contribution in [1.82, 2.24) is 4.31 Å². The van der Waals surface area contributed by atoms with Gasteiger partial charge in [-0.15, -0.1) is 0 Å². The number of rotatable bonds is 4. The van der Waals surface area contributed by atoms with Gasteiger partial charge in [0.25, 0.3) is 0 Å². The van der Waals surface area contributed by atoms with Crippen LogP contribution < -0.4 is 9.47 Å². The summed E-state index contributed by atoms with van der Waals surface area (Å²) in [6.07, 6.45) is 0.414.